The normalized spacial score (nSPS) is 10.3. The Hall–Kier alpha value is -2.87. The van der Waals surface area contributed by atoms with Gasteiger partial charge in [-0.3, -0.25) is 0 Å². The average molecular weight is 249 g/mol. The van der Waals surface area contributed by atoms with E-state index in [2.05, 4.69) is 21.5 Å². The number of nitrogens with zero attached hydrogens (tertiary/aromatic N) is 4. The lowest BCUT2D eigenvalue weighted by molar-refractivity contribution is 0.936. The molecule has 1 N–H and O–H groups in total. The van der Waals surface area contributed by atoms with Crippen molar-refractivity contribution in [2.75, 3.05) is 5.32 Å². The number of benzene rings is 1. The molecule has 0 spiro atoms. The van der Waals surface area contributed by atoms with Crippen LogP contribution in [0.3, 0.4) is 0 Å². The summed E-state index contributed by atoms with van der Waals surface area (Å²) in [4.78, 5) is 4.42. The maximum Gasteiger partial charge on any atom is 0.157 e. The second-order valence-electron chi connectivity index (χ2n) is 4.11. The minimum Gasteiger partial charge on any atom is -0.366 e. The van der Waals surface area contributed by atoms with E-state index in [9.17, 15) is 0 Å². The van der Waals surface area contributed by atoms with Gasteiger partial charge in [0.1, 0.15) is 5.82 Å². The molecular weight excluding hydrogens is 238 g/mol. The van der Waals surface area contributed by atoms with Crippen LogP contribution in [0.5, 0.6) is 0 Å². The number of rotatable bonds is 3. The van der Waals surface area contributed by atoms with Gasteiger partial charge in [0.05, 0.1) is 17.8 Å². The highest BCUT2D eigenvalue weighted by molar-refractivity contribution is 5.46. The Balaban J connectivity index is 1.76. The molecule has 3 rings (SSSR count). The summed E-state index contributed by atoms with van der Waals surface area (Å²) in [5, 5.41) is 16.2. The molecule has 0 bridgehead atoms. The first-order valence-electron chi connectivity index (χ1n) is 5.88. The molecule has 2 heterocycles. The summed E-state index contributed by atoms with van der Waals surface area (Å²) < 4.78 is 1.71. The first-order valence-corrected chi connectivity index (χ1v) is 5.88. The quantitative estimate of drug-likeness (QED) is 0.772. The van der Waals surface area contributed by atoms with E-state index in [1.807, 2.05) is 36.5 Å². The Morgan fingerprint density at radius 2 is 2.21 bits per heavy atom. The number of nitrogens with one attached hydrogen (secondary N) is 1. The van der Waals surface area contributed by atoms with Crippen LogP contribution in [-0.4, -0.2) is 14.6 Å². The third-order valence-electron chi connectivity index (χ3n) is 2.79. The van der Waals surface area contributed by atoms with Crippen molar-refractivity contribution in [3.05, 3.63) is 59.9 Å². The number of fused-ring (bicyclic) bond motifs is 1. The van der Waals surface area contributed by atoms with Crippen molar-refractivity contribution in [3.8, 4) is 6.07 Å². The number of aromatic nitrogens is 3. The molecule has 0 aliphatic carbocycles. The van der Waals surface area contributed by atoms with Gasteiger partial charge in [-0.2, -0.15) is 10.4 Å². The highest BCUT2D eigenvalue weighted by Gasteiger charge is 1.99. The van der Waals surface area contributed by atoms with Crippen LogP contribution < -0.4 is 5.32 Å². The van der Waals surface area contributed by atoms with E-state index in [0.717, 1.165) is 17.0 Å². The Bertz CT molecular complexity index is 754. The molecule has 0 unspecified atom stereocenters. The Morgan fingerprint density at radius 3 is 3.11 bits per heavy atom. The van der Waals surface area contributed by atoms with Gasteiger partial charge in [0, 0.05) is 18.8 Å². The zero-order valence-corrected chi connectivity index (χ0v) is 10.1. The van der Waals surface area contributed by atoms with Crippen molar-refractivity contribution >= 4 is 11.5 Å². The summed E-state index contributed by atoms with van der Waals surface area (Å²) >= 11 is 0. The van der Waals surface area contributed by atoms with Crippen LogP contribution in [0.15, 0.2) is 48.8 Å². The fourth-order valence-corrected chi connectivity index (χ4v) is 1.85. The molecule has 0 saturated heterocycles. The van der Waals surface area contributed by atoms with Crippen LogP contribution >= 0.6 is 0 Å². The molecule has 0 aliphatic heterocycles. The van der Waals surface area contributed by atoms with Gasteiger partial charge in [-0.1, -0.05) is 12.1 Å². The van der Waals surface area contributed by atoms with Gasteiger partial charge in [-0.05, 0) is 23.8 Å². The van der Waals surface area contributed by atoms with Gasteiger partial charge in [-0.15, -0.1) is 0 Å². The van der Waals surface area contributed by atoms with Crippen LogP contribution in [0.25, 0.3) is 5.65 Å². The zero-order valence-electron chi connectivity index (χ0n) is 10.1. The average Bonchev–Trinajstić information content (AvgIpc) is 2.93. The van der Waals surface area contributed by atoms with E-state index in [-0.39, 0.29) is 0 Å². The number of nitriles is 1. The monoisotopic (exact) mass is 249 g/mol. The molecule has 19 heavy (non-hydrogen) atoms. The SMILES string of the molecule is N#Cc1cccc(CNc2ccn3nccc3n2)c1. The Morgan fingerprint density at radius 1 is 1.26 bits per heavy atom. The number of hydrogen-bond acceptors (Lipinski definition) is 4. The summed E-state index contributed by atoms with van der Waals surface area (Å²) in [6.45, 7) is 0.632. The lowest BCUT2D eigenvalue weighted by atomic mass is 10.1. The van der Waals surface area contributed by atoms with E-state index >= 15 is 0 Å². The Kier molecular flexibility index (Phi) is 2.83. The first kappa shape index (κ1) is 11.2. The van der Waals surface area contributed by atoms with E-state index in [4.69, 9.17) is 5.26 Å². The van der Waals surface area contributed by atoms with E-state index in [1.165, 1.54) is 0 Å². The van der Waals surface area contributed by atoms with Crippen molar-refractivity contribution in [3.63, 3.8) is 0 Å². The molecular formula is C14H11N5. The predicted molar refractivity (Wildman–Crippen MR) is 71.5 cm³/mol. The van der Waals surface area contributed by atoms with Gasteiger partial charge < -0.3 is 5.32 Å². The van der Waals surface area contributed by atoms with Crippen molar-refractivity contribution in [1.82, 2.24) is 14.6 Å². The highest BCUT2D eigenvalue weighted by Crippen LogP contribution is 2.09. The molecule has 5 heteroatoms. The second kappa shape index (κ2) is 4.78. The van der Waals surface area contributed by atoms with Crippen LogP contribution in [0.2, 0.25) is 0 Å². The highest BCUT2D eigenvalue weighted by atomic mass is 15.2. The summed E-state index contributed by atoms with van der Waals surface area (Å²) in [5.41, 5.74) is 2.52. The third kappa shape index (κ3) is 2.38. The third-order valence-corrected chi connectivity index (χ3v) is 2.79. The molecule has 2 aromatic heterocycles. The van der Waals surface area contributed by atoms with Gasteiger partial charge >= 0.3 is 0 Å². The van der Waals surface area contributed by atoms with Crippen molar-refractivity contribution in [2.45, 2.75) is 6.54 Å². The number of anilines is 1. The maximum absolute atomic E-state index is 8.85. The van der Waals surface area contributed by atoms with Gasteiger partial charge in [0.2, 0.25) is 0 Å². The van der Waals surface area contributed by atoms with Crippen LogP contribution in [0.1, 0.15) is 11.1 Å². The molecule has 5 nitrogen and oxygen atoms in total. The second-order valence-corrected chi connectivity index (χ2v) is 4.11. The molecule has 0 fully saturated rings. The molecule has 0 amide bonds. The smallest absolute Gasteiger partial charge is 0.157 e. The lowest BCUT2D eigenvalue weighted by Gasteiger charge is -2.06. The molecule has 0 radical (unpaired) electrons. The van der Waals surface area contributed by atoms with Crippen LogP contribution in [0.4, 0.5) is 5.82 Å². The summed E-state index contributed by atoms with van der Waals surface area (Å²) in [5.74, 6) is 0.787. The van der Waals surface area contributed by atoms with Gasteiger partial charge in [-0.25, -0.2) is 9.50 Å². The minimum absolute atomic E-state index is 0.632. The standard InChI is InChI=1S/C14H11N5/c15-9-11-2-1-3-12(8-11)10-16-13-5-7-19-14(18-13)4-6-17-19/h1-8H,10H2,(H,16,18). The van der Waals surface area contributed by atoms with Crippen molar-refractivity contribution in [2.24, 2.45) is 0 Å². The first-order chi connectivity index (χ1) is 9.35. The van der Waals surface area contributed by atoms with Crippen LogP contribution in [-0.2, 0) is 6.54 Å². The topological polar surface area (TPSA) is 66.0 Å². The van der Waals surface area contributed by atoms with E-state index < -0.39 is 0 Å². The van der Waals surface area contributed by atoms with Crippen molar-refractivity contribution in [1.29, 1.82) is 5.26 Å². The lowest BCUT2D eigenvalue weighted by Crippen LogP contribution is -2.02. The largest absolute Gasteiger partial charge is 0.366 e. The van der Waals surface area contributed by atoms with Crippen molar-refractivity contribution < 1.29 is 0 Å². The summed E-state index contributed by atoms with van der Waals surface area (Å²) in [6, 6.07) is 13.4. The summed E-state index contributed by atoms with van der Waals surface area (Å²) in [7, 11) is 0. The van der Waals surface area contributed by atoms with Crippen LogP contribution in [0, 0.1) is 11.3 Å². The van der Waals surface area contributed by atoms with E-state index in [0.29, 0.717) is 12.1 Å². The fourth-order valence-electron chi connectivity index (χ4n) is 1.85. The minimum atomic E-state index is 0.632. The van der Waals surface area contributed by atoms with Gasteiger partial charge in [0.15, 0.2) is 5.65 Å². The maximum atomic E-state index is 8.85. The molecule has 0 atom stereocenters. The molecule has 1 aromatic carbocycles. The molecule has 0 saturated carbocycles. The Labute approximate surface area is 110 Å². The summed E-state index contributed by atoms with van der Waals surface area (Å²) in [6.07, 6.45) is 3.57. The molecule has 92 valence electrons. The molecule has 0 aliphatic rings. The van der Waals surface area contributed by atoms with Gasteiger partial charge in [0.25, 0.3) is 0 Å². The van der Waals surface area contributed by atoms with E-state index in [1.54, 1.807) is 16.8 Å². The fraction of sp³-hybridized carbons (Fsp3) is 0.0714. The molecule has 3 aromatic rings. The number of hydrogen-bond donors (Lipinski definition) is 1. The zero-order chi connectivity index (χ0) is 13.1. The predicted octanol–water partition coefficient (Wildman–Crippen LogP) is 2.21.